The van der Waals surface area contributed by atoms with Crippen LogP contribution in [0.15, 0.2) is 23.7 Å². The molecule has 0 atom stereocenters. The maximum Gasteiger partial charge on any atom is 0.319 e. The summed E-state index contributed by atoms with van der Waals surface area (Å²) in [7, 11) is -3.80. The van der Waals surface area contributed by atoms with Crippen LogP contribution < -0.4 is 14.2 Å². The normalized spacial score (nSPS) is 11.1. The number of rotatable bonds is 7. The Kier molecular flexibility index (Phi) is 4.58. The van der Waals surface area contributed by atoms with Crippen molar-refractivity contribution in [1.29, 1.82) is 0 Å². The summed E-state index contributed by atoms with van der Waals surface area (Å²) < 4.78 is 37.0. The second-order valence-electron chi connectivity index (χ2n) is 3.76. The Morgan fingerprint density at radius 3 is 2.62 bits per heavy atom. The molecule has 2 heterocycles. The zero-order chi connectivity index (χ0) is 15.3. The van der Waals surface area contributed by atoms with Gasteiger partial charge in [0.2, 0.25) is 5.88 Å². The van der Waals surface area contributed by atoms with Crippen molar-refractivity contribution in [2.24, 2.45) is 0 Å². The van der Waals surface area contributed by atoms with Crippen molar-refractivity contribution in [2.75, 3.05) is 17.9 Å². The molecule has 0 fully saturated rings. The van der Waals surface area contributed by atoms with Gasteiger partial charge in [-0.15, -0.1) is 0 Å². The number of H-pyrrole nitrogens is 1. The van der Waals surface area contributed by atoms with Crippen LogP contribution in [0.4, 0.5) is 5.69 Å². The van der Waals surface area contributed by atoms with E-state index in [0.29, 0.717) is 13.2 Å². The molecule has 2 rings (SSSR count). The molecule has 9 nitrogen and oxygen atoms in total. The van der Waals surface area contributed by atoms with Crippen molar-refractivity contribution in [3.8, 4) is 11.9 Å². The summed E-state index contributed by atoms with van der Waals surface area (Å²) in [6.07, 6.45) is 3.75. The van der Waals surface area contributed by atoms with E-state index in [1.54, 1.807) is 13.8 Å². The topological polar surface area (TPSA) is 119 Å². The number of hydrogen-bond donors (Lipinski definition) is 2. The summed E-state index contributed by atoms with van der Waals surface area (Å²) in [4.78, 5) is 14.1. The third kappa shape index (κ3) is 3.60. The van der Waals surface area contributed by atoms with Gasteiger partial charge in [0.05, 0.1) is 31.9 Å². The van der Waals surface area contributed by atoms with Crippen molar-refractivity contribution in [1.82, 2.24) is 19.9 Å². The van der Waals surface area contributed by atoms with Crippen molar-refractivity contribution in [3.05, 3.63) is 18.7 Å². The average molecular weight is 313 g/mol. The van der Waals surface area contributed by atoms with Crippen LogP contribution in [-0.2, 0) is 10.0 Å². The lowest BCUT2D eigenvalue weighted by Crippen LogP contribution is -2.15. The highest BCUT2D eigenvalue weighted by Gasteiger charge is 2.19. The summed E-state index contributed by atoms with van der Waals surface area (Å²) >= 11 is 0. The number of aromatic nitrogens is 4. The monoisotopic (exact) mass is 313 g/mol. The van der Waals surface area contributed by atoms with Crippen molar-refractivity contribution < 1.29 is 17.9 Å². The smallest absolute Gasteiger partial charge is 0.319 e. The minimum Gasteiger partial charge on any atom is -0.476 e. The minimum atomic E-state index is -3.80. The van der Waals surface area contributed by atoms with Crippen LogP contribution >= 0.6 is 0 Å². The van der Waals surface area contributed by atoms with Gasteiger partial charge in [-0.3, -0.25) is 4.72 Å². The molecule has 0 aromatic carbocycles. The molecule has 0 unspecified atom stereocenters. The fraction of sp³-hybridized carbons (Fsp3) is 0.364. The van der Waals surface area contributed by atoms with E-state index in [4.69, 9.17) is 9.47 Å². The number of imidazole rings is 1. The molecule has 21 heavy (non-hydrogen) atoms. The Hall–Kier alpha value is -2.36. The van der Waals surface area contributed by atoms with Crippen LogP contribution in [-0.4, -0.2) is 41.6 Å². The molecule has 0 aliphatic carbocycles. The maximum atomic E-state index is 12.1. The first kappa shape index (κ1) is 15.0. The van der Waals surface area contributed by atoms with Crippen LogP contribution in [0.2, 0.25) is 0 Å². The average Bonchev–Trinajstić information content (AvgIpc) is 2.97. The molecule has 0 aliphatic heterocycles. The van der Waals surface area contributed by atoms with Gasteiger partial charge in [0.1, 0.15) is 5.69 Å². The summed E-state index contributed by atoms with van der Waals surface area (Å²) in [6, 6.07) is 0.116. The molecule has 0 radical (unpaired) electrons. The Morgan fingerprint density at radius 1 is 1.24 bits per heavy atom. The molecular formula is C11H15N5O4S. The third-order valence-electron chi connectivity index (χ3n) is 2.29. The lowest BCUT2D eigenvalue weighted by Gasteiger charge is -2.11. The molecule has 0 amide bonds. The lowest BCUT2D eigenvalue weighted by molar-refractivity contribution is 0.290. The van der Waals surface area contributed by atoms with Gasteiger partial charge >= 0.3 is 6.01 Å². The predicted octanol–water partition coefficient (Wildman–Crippen LogP) is 0.798. The largest absolute Gasteiger partial charge is 0.476 e. The summed E-state index contributed by atoms with van der Waals surface area (Å²) in [5, 5.41) is -0.0705. The second kappa shape index (κ2) is 6.39. The Morgan fingerprint density at radius 2 is 2.00 bits per heavy atom. The SMILES string of the molecule is CCOc1ncc(NS(=O)(=O)c2cnc[nH]2)c(OCC)n1. The molecule has 2 aromatic rings. The van der Waals surface area contributed by atoms with Gasteiger partial charge in [-0.05, 0) is 13.8 Å². The van der Waals surface area contributed by atoms with Crippen molar-refractivity contribution >= 4 is 15.7 Å². The number of ether oxygens (including phenoxy) is 2. The molecule has 2 N–H and O–H groups in total. The first-order chi connectivity index (χ1) is 10.1. The highest BCUT2D eigenvalue weighted by molar-refractivity contribution is 7.92. The number of sulfonamides is 1. The summed E-state index contributed by atoms with van der Waals surface area (Å²) in [5.74, 6) is 0.0963. The standard InChI is InChI=1S/C11H15N5O4S/c1-3-19-10-8(5-13-11(15-10)20-4-2)16-21(17,18)9-6-12-7-14-9/h5-7,16H,3-4H2,1-2H3,(H,12,14). The minimum absolute atomic E-state index is 0.0705. The highest BCUT2D eigenvalue weighted by Crippen LogP contribution is 2.25. The van der Waals surface area contributed by atoms with Crippen LogP contribution in [0.1, 0.15) is 13.8 Å². The predicted molar refractivity (Wildman–Crippen MR) is 73.8 cm³/mol. The second-order valence-corrected chi connectivity index (χ2v) is 5.41. The van der Waals surface area contributed by atoms with E-state index in [1.807, 2.05) is 0 Å². The summed E-state index contributed by atoms with van der Waals surface area (Å²) in [6.45, 7) is 4.26. The molecular weight excluding hydrogens is 298 g/mol. The first-order valence-electron chi connectivity index (χ1n) is 6.20. The maximum absolute atomic E-state index is 12.1. The fourth-order valence-electron chi connectivity index (χ4n) is 1.46. The molecule has 2 aromatic heterocycles. The van der Waals surface area contributed by atoms with E-state index in [-0.39, 0.29) is 22.6 Å². The Balaban J connectivity index is 2.30. The fourth-order valence-corrected chi connectivity index (χ4v) is 2.40. The van der Waals surface area contributed by atoms with Gasteiger partial charge in [0.25, 0.3) is 10.0 Å². The van der Waals surface area contributed by atoms with E-state index in [0.717, 1.165) is 0 Å². The molecule has 0 spiro atoms. The highest BCUT2D eigenvalue weighted by atomic mass is 32.2. The van der Waals surface area contributed by atoms with E-state index in [1.165, 1.54) is 18.7 Å². The van der Waals surface area contributed by atoms with Gasteiger partial charge in [-0.2, -0.15) is 13.4 Å². The van der Waals surface area contributed by atoms with Crippen LogP contribution in [0, 0.1) is 0 Å². The van der Waals surface area contributed by atoms with Gasteiger partial charge in [0.15, 0.2) is 5.03 Å². The van der Waals surface area contributed by atoms with Gasteiger partial charge < -0.3 is 14.5 Å². The van der Waals surface area contributed by atoms with Gasteiger partial charge in [-0.1, -0.05) is 0 Å². The lowest BCUT2D eigenvalue weighted by atomic mass is 10.5. The first-order valence-corrected chi connectivity index (χ1v) is 7.69. The number of nitrogens with one attached hydrogen (secondary N) is 2. The van der Waals surface area contributed by atoms with Crippen LogP contribution in [0.3, 0.4) is 0 Å². The van der Waals surface area contributed by atoms with Crippen molar-refractivity contribution in [3.63, 3.8) is 0 Å². The molecule has 0 aliphatic rings. The third-order valence-corrected chi connectivity index (χ3v) is 3.58. The number of hydrogen-bond acceptors (Lipinski definition) is 7. The van der Waals surface area contributed by atoms with E-state index in [9.17, 15) is 8.42 Å². The number of nitrogens with zero attached hydrogens (tertiary/aromatic N) is 3. The molecule has 114 valence electrons. The molecule has 0 saturated carbocycles. The van der Waals surface area contributed by atoms with Crippen LogP contribution in [0.5, 0.6) is 11.9 Å². The van der Waals surface area contributed by atoms with E-state index >= 15 is 0 Å². The Bertz CT molecular complexity index is 687. The summed E-state index contributed by atoms with van der Waals surface area (Å²) in [5.41, 5.74) is 0.120. The molecule has 0 bridgehead atoms. The van der Waals surface area contributed by atoms with Crippen LogP contribution in [0.25, 0.3) is 0 Å². The number of aromatic amines is 1. The van der Waals surface area contributed by atoms with E-state index < -0.39 is 10.0 Å². The van der Waals surface area contributed by atoms with Gasteiger partial charge in [0, 0.05) is 0 Å². The zero-order valence-corrected chi connectivity index (χ0v) is 12.3. The molecule has 0 saturated heterocycles. The van der Waals surface area contributed by atoms with Gasteiger partial charge in [-0.25, -0.2) is 9.97 Å². The Labute approximate surface area is 121 Å². The molecule has 10 heteroatoms. The van der Waals surface area contributed by atoms with E-state index in [2.05, 4.69) is 24.7 Å². The quantitative estimate of drug-likeness (QED) is 0.775. The number of anilines is 1. The van der Waals surface area contributed by atoms with Crippen molar-refractivity contribution in [2.45, 2.75) is 18.9 Å². The zero-order valence-electron chi connectivity index (χ0n) is 11.5.